The number of nitrogens with one attached hydrogen (secondary N) is 1. The monoisotopic (exact) mass is 215 g/mol. The van der Waals surface area contributed by atoms with Crippen molar-refractivity contribution < 1.29 is 14.3 Å². The van der Waals surface area contributed by atoms with E-state index in [0.717, 1.165) is 13.0 Å². The smallest absolute Gasteiger partial charge is 0.317 e. The summed E-state index contributed by atoms with van der Waals surface area (Å²) in [6, 6.07) is 0. The fourth-order valence-electron chi connectivity index (χ4n) is 1.68. The molecule has 1 N–H and O–H groups in total. The van der Waals surface area contributed by atoms with Crippen LogP contribution in [0, 0.1) is 5.41 Å². The van der Waals surface area contributed by atoms with Crippen LogP contribution in [0.1, 0.15) is 26.2 Å². The largest absolute Gasteiger partial charge is 0.468 e. The Hall–Kier alpha value is -0.610. The Bertz CT molecular complexity index is 202. The van der Waals surface area contributed by atoms with Gasteiger partial charge in [0.25, 0.3) is 0 Å². The third-order valence-electron chi connectivity index (χ3n) is 2.80. The fourth-order valence-corrected chi connectivity index (χ4v) is 1.68. The number of carbonyl (C=O) groups is 1. The molecule has 1 heterocycles. The molecule has 0 unspecified atom stereocenters. The molecule has 1 rings (SSSR count). The third kappa shape index (κ3) is 3.18. The van der Waals surface area contributed by atoms with Crippen LogP contribution in [0.2, 0.25) is 0 Å². The highest BCUT2D eigenvalue weighted by atomic mass is 16.5. The van der Waals surface area contributed by atoms with Gasteiger partial charge in [-0.2, -0.15) is 0 Å². The minimum absolute atomic E-state index is 0.156. The molecule has 0 spiro atoms. The lowest BCUT2D eigenvalue weighted by Crippen LogP contribution is -2.55. The van der Waals surface area contributed by atoms with Gasteiger partial charge in [0.1, 0.15) is 5.41 Å². The second-order valence-corrected chi connectivity index (χ2v) is 4.15. The molecule has 0 aromatic heterocycles. The van der Waals surface area contributed by atoms with Crippen LogP contribution < -0.4 is 5.32 Å². The van der Waals surface area contributed by atoms with Crippen LogP contribution in [0.25, 0.3) is 0 Å². The van der Waals surface area contributed by atoms with Gasteiger partial charge in [-0.3, -0.25) is 4.79 Å². The van der Waals surface area contributed by atoms with E-state index in [1.165, 1.54) is 20.0 Å². The molecule has 4 heteroatoms. The molecule has 0 aromatic carbocycles. The van der Waals surface area contributed by atoms with Gasteiger partial charge < -0.3 is 14.8 Å². The van der Waals surface area contributed by atoms with E-state index in [1.807, 2.05) is 0 Å². The van der Waals surface area contributed by atoms with Gasteiger partial charge in [-0.05, 0) is 13.0 Å². The molecule has 0 aliphatic carbocycles. The van der Waals surface area contributed by atoms with Crippen LogP contribution >= 0.6 is 0 Å². The standard InChI is InChI=1S/C11H21NO3/c1-3-4-5-6-12-7-11(8-15-9-11)10(13)14-2/h12H,3-9H2,1-2H3. The first-order valence-corrected chi connectivity index (χ1v) is 5.62. The Kier molecular flexibility index (Phi) is 5.05. The summed E-state index contributed by atoms with van der Waals surface area (Å²) in [5, 5.41) is 3.30. The Labute approximate surface area is 91.3 Å². The SMILES string of the molecule is CCCCCNCC1(C(=O)OC)COC1. The lowest BCUT2D eigenvalue weighted by atomic mass is 9.86. The highest BCUT2D eigenvalue weighted by Gasteiger charge is 2.46. The summed E-state index contributed by atoms with van der Waals surface area (Å²) in [6.07, 6.45) is 3.61. The van der Waals surface area contributed by atoms with Crippen molar-refractivity contribution in [2.45, 2.75) is 26.2 Å². The van der Waals surface area contributed by atoms with Gasteiger partial charge in [0.15, 0.2) is 0 Å². The van der Waals surface area contributed by atoms with E-state index in [4.69, 9.17) is 9.47 Å². The second-order valence-electron chi connectivity index (χ2n) is 4.15. The number of esters is 1. The zero-order valence-electron chi connectivity index (χ0n) is 9.67. The number of ether oxygens (including phenoxy) is 2. The van der Waals surface area contributed by atoms with Crippen LogP contribution in [0.3, 0.4) is 0 Å². The molecule has 0 saturated carbocycles. The highest BCUT2D eigenvalue weighted by Crippen LogP contribution is 2.27. The second kappa shape index (κ2) is 6.08. The summed E-state index contributed by atoms with van der Waals surface area (Å²) in [7, 11) is 1.43. The van der Waals surface area contributed by atoms with Crippen molar-refractivity contribution >= 4 is 5.97 Å². The van der Waals surface area contributed by atoms with Crippen LogP contribution in [-0.4, -0.2) is 39.4 Å². The minimum Gasteiger partial charge on any atom is -0.468 e. The van der Waals surface area contributed by atoms with Crippen molar-refractivity contribution in [1.82, 2.24) is 5.32 Å². The number of unbranched alkanes of at least 4 members (excludes halogenated alkanes) is 2. The number of carbonyl (C=O) groups excluding carboxylic acids is 1. The average Bonchev–Trinajstić information content (AvgIpc) is 2.20. The average molecular weight is 215 g/mol. The van der Waals surface area contributed by atoms with Crippen LogP contribution in [0.4, 0.5) is 0 Å². The zero-order chi connectivity index (χ0) is 11.1. The molecule has 4 nitrogen and oxygen atoms in total. The van der Waals surface area contributed by atoms with Gasteiger partial charge in [0.05, 0.1) is 20.3 Å². The van der Waals surface area contributed by atoms with Gasteiger partial charge in [-0.1, -0.05) is 19.8 Å². The van der Waals surface area contributed by atoms with E-state index >= 15 is 0 Å². The lowest BCUT2D eigenvalue weighted by Gasteiger charge is -2.38. The first-order valence-electron chi connectivity index (χ1n) is 5.62. The Morgan fingerprint density at radius 1 is 1.47 bits per heavy atom. The molecule has 88 valence electrons. The minimum atomic E-state index is -0.416. The first-order chi connectivity index (χ1) is 7.25. The van der Waals surface area contributed by atoms with Gasteiger partial charge in [-0.25, -0.2) is 0 Å². The molecule has 0 bridgehead atoms. The number of methoxy groups -OCH3 is 1. The number of hydrogen-bond donors (Lipinski definition) is 1. The van der Waals surface area contributed by atoms with E-state index in [2.05, 4.69) is 12.2 Å². The Morgan fingerprint density at radius 3 is 2.67 bits per heavy atom. The molecule has 1 aliphatic rings. The Morgan fingerprint density at radius 2 is 2.20 bits per heavy atom. The molecule has 1 aliphatic heterocycles. The van der Waals surface area contributed by atoms with Crippen LogP contribution in [0.15, 0.2) is 0 Å². The molecule has 1 fully saturated rings. The quantitative estimate of drug-likeness (QED) is 0.507. The first kappa shape index (κ1) is 12.5. The molecule has 0 radical (unpaired) electrons. The summed E-state index contributed by atoms with van der Waals surface area (Å²) in [5.74, 6) is -0.156. The predicted octanol–water partition coefficient (Wildman–Crippen LogP) is 0.956. The Balaban J connectivity index is 2.19. The molecule has 0 aromatic rings. The van der Waals surface area contributed by atoms with Gasteiger partial charge in [0, 0.05) is 6.54 Å². The number of rotatable bonds is 7. The normalized spacial score (nSPS) is 18.3. The fraction of sp³-hybridized carbons (Fsp3) is 0.909. The van der Waals surface area contributed by atoms with Crippen molar-refractivity contribution in [3.8, 4) is 0 Å². The number of hydrogen-bond acceptors (Lipinski definition) is 4. The molecular formula is C11H21NO3. The predicted molar refractivity (Wildman–Crippen MR) is 57.7 cm³/mol. The highest BCUT2D eigenvalue weighted by molar-refractivity contribution is 5.78. The van der Waals surface area contributed by atoms with Crippen LogP contribution in [-0.2, 0) is 14.3 Å². The molecule has 0 amide bonds. The summed E-state index contributed by atoms with van der Waals surface area (Å²) < 4.78 is 9.88. The maximum Gasteiger partial charge on any atom is 0.317 e. The molecule has 15 heavy (non-hydrogen) atoms. The van der Waals surface area contributed by atoms with E-state index in [1.54, 1.807) is 0 Å². The van der Waals surface area contributed by atoms with Crippen molar-refractivity contribution in [2.75, 3.05) is 33.4 Å². The summed E-state index contributed by atoms with van der Waals surface area (Å²) in [5.41, 5.74) is -0.416. The van der Waals surface area contributed by atoms with Crippen molar-refractivity contribution in [1.29, 1.82) is 0 Å². The summed E-state index contributed by atoms with van der Waals surface area (Å²) in [6.45, 7) is 4.78. The van der Waals surface area contributed by atoms with E-state index < -0.39 is 5.41 Å². The molecule has 1 saturated heterocycles. The van der Waals surface area contributed by atoms with E-state index in [-0.39, 0.29) is 5.97 Å². The van der Waals surface area contributed by atoms with Crippen molar-refractivity contribution in [3.05, 3.63) is 0 Å². The van der Waals surface area contributed by atoms with E-state index in [0.29, 0.717) is 19.8 Å². The molecular weight excluding hydrogens is 194 g/mol. The van der Waals surface area contributed by atoms with Gasteiger partial charge in [-0.15, -0.1) is 0 Å². The van der Waals surface area contributed by atoms with Crippen molar-refractivity contribution in [3.63, 3.8) is 0 Å². The van der Waals surface area contributed by atoms with Crippen LogP contribution in [0.5, 0.6) is 0 Å². The van der Waals surface area contributed by atoms with Crippen molar-refractivity contribution in [2.24, 2.45) is 5.41 Å². The third-order valence-corrected chi connectivity index (χ3v) is 2.80. The zero-order valence-corrected chi connectivity index (χ0v) is 9.67. The van der Waals surface area contributed by atoms with E-state index in [9.17, 15) is 4.79 Å². The van der Waals surface area contributed by atoms with Gasteiger partial charge >= 0.3 is 5.97 Å². The summed E-state index contributed by atoms with van der Waals surface area (Å²) in [4.78, 5) is 11.5. The maximum absolute atomic E-state index is 11.5. The maximum atomic E-state index is 11.5. The molecule has 0 atom stereocenters. The lowest BCUT2D eigenvalue weighted by molar-refractivity contribution is -0.182. The van der Waals surface area contributed by atoms with Gasteiger partial charge in [0.2, 0.25) is 0 Å². The topological polar surface area (TPSA) is 47.6 Å². The summed E-state index contributed by atoms with van der Waals surface area (Å²) >= 11 is 0.